The average Bonchev–Trinajstić information content (AvgIpc) is 3.21. The number of carbonyl (C=O) groups is 2. The fourth-order valence-electron chi connectivity index (χ4n) is 4.10. The molecule has 136 valence electrons. The van der Waals surface area contributed by atoms with Crippen LogP contribution in [0.3, 0.4) is 0 Å². The van der Waals surface area contributed by atoms with Crippen LogP contribution in [0.25, 0.3) is 0 Å². The summed E-state index contributed by atoms with van der Waals surface area (Å²) in [5.74, 6) is 0.0667. The number of nitrogens with zero attached hydrogens (tertiary/aromatic N) is 4. The first-order valence-corrected chi connectivity index (χ1v) is 8.98. The van der Waals surface area contributed by atoms with E-state index in [4.69, 9.17) is 4.52 Å². The topological polar surface area (TPSA) is 79.5 Å². The molecule has 0 aliphatic carbocycles. The Morgan fingerprint density at radius 3 is 2.81 bits per heavy atom. The lowest BCUT2D eigenvalue weighted by molar-refractivity contribution is -0.138. The highest BCUT2D eigenvalue weighted by Gasteiger charge is 2.49. The third-order valence-electron chi connectivity index (χ3n) is 5.57. The van der Waals surface area contributed by atoms with Crippen LogP contribution < -0.4 is 0 Å². The maximum absolute atomic E-state index is 13.1. The van der Waals surface area contributed by atoms with Crippen molar-refractivity contribution in [3.8, 4) is 0 Å². The Bertz CT molecular complexity index is 819. The Kier molecular flexibility index (Phi) is 4.22. The molecule has 2 saturated heterocycles. The van der Waals surface area contributed by atoms with Crippen LogP contribution in [0.5, 0.6) is 0 Å². The second-order valence-corrected chi connectivity index (χ2v) is 7.26. The summed E-state index contributed by atoms with van der Waals surface area (Å²) in [7, 11) is 0. The first-order chi connectivity index (χ1) is 12.6. The summed E-state index contributed by atoms with van der Waals surface area (Å²) in [6.45, 7) is 4.23. The lowest BCUT2D eigenvalue weighted by Crippen LogP contribution is -2.49. The van der Waals surface area contributed by atoms with Gasteiger partial charge < -0.3 is 14.3 Å². The molecule has 0 radical (unpaired) electrons. The zero-order valence-corrected chi connectivity index (χ0v) is 14.9. The van der Waals surface area contributed by atoms with Crippen molar-refractivity contribution in [3.63, 3.8) is 0 Å². The third kappa shape index (κ3) is 2.87. The van der Waals surface area contributed by atoms with Gasteiger partial charge in [0.15, 0.2) is 0 Å². The smallest absolute Gasteiger partial charge is 0.259 e. The van der Waals surface area contributed by atoms with Gasteiger partial charge in [0, 0.05) is 38.6 Å². The van der Waals surface area contributed by atoms with Crippen molar-refractivity contribution < 1.29 is 14.1 Å². The molecule has 2 fully saturated rings. The summed E-state index contributed by atoms with van der Waals surface area (Å²) in [4.78, 5) is 33.7. The molecule has 0 unspecified atom stereocenters. The molecule has 1 spiro atoms. The molecule has 0 bridgehead atoms. The van der Waals surface area contributed by atoms with E-state index >= 15 is 0 Å². The Morgan fingerprint density at radius 1 is 1.27 bits per heavy atom. The Labute approximate surface area is 152 Å². The summed E-state index contributed by atoms with van der Waals surface area (Å²) in [5.41, 5.74) is 1.70. The van der Waals surface area contributed by atoms with Crippen molar-refractivity contribution in [2.45, 2.75) is 32.7 Å². The van der Waals surface area contributed by atoms with Crippen LogP contribution in [-0.2, 0) is 11.3 Å². The fourth-order valence-corrected chi connectivity index (χ4v) is 4.10. The molecule has 2 aliphatic rings. The number of hydrogen-bond acceptors (Lipinski definition) is 5. The van der Waals surface area contributed by atoms with Gasteiger partial charge in [-0.1, -0.05) is 5.16 Å². The quantitative estimate of drug-likeness (QED) is 0.843. The van der Waals surface area contributed by atoms with Crippen molar-refractivity contribution in [1.82, 2.24) is 19.9 Å². The number of aryl methyl sites for hydroxylation is 1. The minimum absolute atomic E-state index is 0.0943. The van der Waals surface area contributed by atoms with E-state index in [-0.39, 0.29) is 11.8 Å². The molecule has 1 atom stereocenters. The van der Waals surface area contributed by atoms with E-state index in [1.54, 1.807) is 24.2 Å². The highest BCUT2D eigenvalue weighted by molar-refractivity contribution is 5.95. The lowest BCUT2D eigenvalue weighted by atomic mass is 9.78. The number of rotatable bonds is 3. The molecule has 0 saturated carbocycles. The number of piperidine rings is 1. The van der Waals surface area contributed by atoms with E-state index in [2.05, 4.69) is 10.1 Å². The molecular formula is C19H22N4O3. The predicted molar refractivity (Wildman–Crippen MR) is 93.1 cm³/mol. The number of amides is 2. The van der Waals surface area contributed by atoms with Gasteiger partial charge in [0.1, 0.15) is 11.8 Å². The maximum atomic E-state index is 13.1. The number of hydrogen-bond donors (Lipinski definition) is 0. The normalized spacial score (nSPS) is 23.0. The molecule has 4 rings (SSSR count). The van der Waals surface area contributed by atoms with Crippen molar-refractivity contribution in [1.29, 1.82) is 0 Å². The van der Waals surface area contributed by atoms with Gasteiger partial charge in [-0.15, -0.1) is 0 Å². The second kappa shape index (κ2) is 6.55. The predicted octanol–water partition coefficient (Wildman–Crippen LogP) is 2.03. The monoisotopic (exact) mass is 354 g/mol. The Balaban J connectivity index is 1.49. The van der Waals surface area contributed by atoms with Crippen LogP contribution in [0, 0.1) is 12.3 Å². The summed E-state index contributed by atoms with van der Waals surface area (Å²) >= 11 is 0. The van der Waals surface area contributed by atoms with Crippen LogP contribution in [0.2, 0.25) is 0 Å². The highest BCUT2D eigenvalue weighted by Crippen LogP contribution is 2.41. The summed E-state index contributed by atoms with van der Waals surface area (Å²) in [6.07, 6.45) is 7.35. The largest absolute Gasteiger partial charge is 0.364 e. The molecule has 2 aliphatic heterocycles. The van der Waals surface area contributed by atoms with Crippen LogP contribution in [0.4, 0.5) is 0 Å². The molecule has 7 nitrogen and oxygen atoms in total. The van der Waals surface area contributed by atoms with Crippen molar-refractivity contribution >= 4 is 11.8 Å². The van der Waals surface area contributed by atoms with Crippen molar-refractivity contribution in [3.05, 3.63) is 47.6 Å². The summed E-state index contributed by atoms with van der Waals surface area (Å²) in [6, 6.07) is 3.87. The third-order valence-corrected chi connectivity index (χ3v) is 5.57. The molecule has 0 aromatic carbocycles. The Hall–Kier alpha value is -2.70. The number of likely N-dealkylation sites (tertiary alicyclic amines) is 2. The minimum atomic E-state index is -0.452. The van der Waals surface area contributed by atoms with Gasteiger partial charge in [-0.2, -0.15) is 0 Å². The summed E-state index contributed by atoms with van der Waals surface area (Å²) < 4.78 is 4.90. The molecule has 2 amide bonds. The highest BCUT2D eigenvalue weighted by atomic mass is 16.5. The zero-order chi connectivity index (χ0) is 18.1. The second-order valence-electron chi connectivity index (χ2n) is 7.26. The number of aromatic nitrogens is 2. The van der Waals surface area contributed by atoms with Crippen molar-refractivity contribution in [2.24, 2.45) is 5.41 Å². The van der Waals surface area contributed by atoms with E-state index in [1.807, 2.05) is 17.0 Å². The molecule has 7 heteroatoms. The van der Waals surface area contributed by atoms with E-state index in [0.717, 1.165) is 31.4 Å². The van der Waals surface area contributed by atoms with E-state index in [0.29, 0.717) is 30.9 Å². The van der Waals surface area contributed by atoms with Crippen LogP contribution in [0.1, 0.15) is 40.9 Å². The summed E-state index contributed by atoms with van der Waals surface area (Å²) in [5, 5.41) is 3.79. The van der Waals surface area contributed by atoms with Gasteiger partial charge in [-0.25, -0.2) is 0 Å². The number of carbonyl (C=O) groups excluding carboxylic acids is 2. The minimum Gasteiger partial charge on any atom is -0.364 e. The standard InChI is InChI=1S/C19H22N4O3/c1-14-16(12-26-21-14)17(24)23-9-2-5-19(13-23)6-10-22(18(19)25)11-15-3-7-20-8-4-15/h3-4,7-8,12H,2,5-6,9-11,13H2,1H3/t19-/m0/s1. The van der Waals surface area contributed by atoms with Gasteiger partial charge >= 0.3 is 0 Å². The molecule has 0 N–H and O–H groups in total. The lowest BCUT2D eigenvalue weighted by Gasteiger charge is -2.39. The van der Waals surface area contributed by atoms with Gasteiger partial charge in [0.2, 0.25) is 5.91 Å². The van der Waals surface area contributed by atoms with E-state index < -0.39 is 5.41 Å². The molecule has 2 aromatic heterocycles. The fraction of sp³-hybridized carbons (Fsp3) is 0.474. The number of pyridine rings is 1. The van der Waals surface area contributed by atoms with Gasteiger partial charge in [-0.3, -0.25) is 14.6 Å². The molecule has 4 heterocycles. The average molecular weight is 354 g/mol. The Morgan fingerprint density at radius 2 is 2.08 bits per heavy atom. The van der Waals surface area contributed by atoms with Crippen LogP contribution in [-0.4, -0.2) is 51.4 Å². The zero-order valence-electron chi connectivity index (χ0n) is 14.9. The van der Waals surface area contributed by atoms with Crippen LogP contribution >= 0.6 is 0 Å². The first kappa shape index (κ1) is 16.8. The molecular weight excluding hydrogens is 332 g/mol. The van der Waals surface area contributed by atoms with Crippen molar-refractivity contribution in [2.75, 3.05) is 19.6 Å². The molecule has 26 heavy (non-hydrogen) atoms. The first-order valence-electron chi connectivity index (χ1n) is 8.98. The van der Waals surface area contributed by atoms with Gasteiger partial charge in [-0.05, 0) is 43.9 Å². The van der Waals surface area contributed by atoms with E-state index in [9.17, 15) is 9.59 Å². The molecule has 2 aromatic rings. The maximum Gasteiger partial charge on any atom is 0.259 e. The van der Waals surface area contributed by atoms with E-state index in [1.165, 1.54) is 6.26 Å². The van der Waals surface area contributed by atoms with Gasteiger partial charge in [0.25, 0.3) is 5.91 Å². The SMILES string of the molecule is Cc1nocc1C(=O)N1CCC[C@]2(CCN(Cc3ccncc3)C2=O)C1. The van der Waals surface area contributed by atoms with Crippen LogP contribution in [0.15, 0.2) is 35.3 Å². The van der Waals surface area contributed by atoms with Gasteiger partial charge in [0.05, 0.1) is 11.1 Å².